The first-order valence-corrected chi connectivity index (χ1v) is 11.0. The van der Waals surface area contributed by atoms with Gasteiger partial charge in [0.15, 0.2) is 0 Å². The second-order valence-electron chi connectivity index (χ2n) is 7.72. The Balaban J connectivity index is 0.000000170. The molecule has 0 bridgehead atoms. The summed E-state index contributed by atoms with van der Waals surface area (Å²) in [6.07, 6.45) is 6.39. The summed E-state index contributed by atoms with van der Waals surface area (Å²) in [6, 6.07) is 8.15. The minimum atomic E-state index is -0.464. The Bertz CT molecular complexity index is 819. The lowest BCUT2D eigenvalue weighted by Crippen LogP contribution is -2.21. The fourth-order valence-electron chi connectivity index (χ4n) is 4.01. The topological polar surface area (TPSA) is 83.3 Å². The zero-order valence-corrected chi connectivity index (χ0v) is 18.4. The van der Waals surface area contributed by atoms with Gasteiger partial charge in [-0.15, -0.1) is 0 Å². The molecule has 2 aromatic rings. The predicted molar refractivity (Wildman–Crippen MR) is 120 cm³/mol. The van der Waals surface area contributed by atoms with Gasteiger partial charge in [0, 0.05) is 22.8 Å². The molecule has 0 atom stereocenters. The quantitative estimate of drug-likeness (QED) is 0.653. The van der Waals surface area contributed by atoms with E-state index in [1.54, 1.807) is 11.9 Å². The highest BCUT2D eigenvalue weighted by molar-refractivity contribution is 7.97. The van der Waals surface area contributed by atoms with Gasteiger partial charge in [-0.2, -0.15) is 0 Å². The van der Waals surface area contributed by atoms with E-state index in [0.717, 1.165) is 50.8 Å². The van der Waals surface area contributed by atoms with E-state index in [9.17, 15) is 4.79 Å². The van der Waals surface area contributed by atoms with Crippen LogP contribution in [0.2, 0.25) is 0 Å². The Morgan fingerprint density at radius 2 is 1.66 bits per heavy atom. The summed E-state index contributed by atoms with van der Waals surface area (Å²) in [5, 5.41) is 2.80. The third-order valence-corrected chi connectivity index (χ3v) is 5.85. The molecule has 1 heterocycles. The molecule has 2 aliphatic carbocycles. The average molecular weight is 414 g/mol. The van der Waals surface area contributed by atoms with Crippen LogP contribution in [0.1, 0.15) is 40.9 Å². The number of rotatable bonds is 5. The molecule has 0 unspecified atom stereocenters. The molecule has 4 rings (SSSR count). The number of primary amides is 1. The Kier molecular flexibility index (Phi) is 7.52. The fourth-order valence-corrected chi connectivity index (χ4v) is 4.51. The van der Waals surface area contributed by atoms with Gasteiger partial charge in [0.1, 0.15) is 0 Å². The Labute approximate surface area is 177 Å². The predicted octanol–water partition coefficient (Wildman–Crippen LogP) is 3.52. The van der Waals surface area contributed by atoms with Gasteiger partial charge < -0.3 is 16.0 Å². The zero-order chi connectivity index (χ0) is 20.8. The van der Waals surface area contributed by atoms with Gasteiger partial charge in [-0.1, -0.05) is 12.1 Å². The highest BCUT2D eigenvalue weighted by atomic mass is 32.2. The average Bonchev–Trinajstić information content (AvgIpc) is 3.32. The lowest BCUT2D eigenvalue weighted by Gasteiger charge is -2.13. The number of aryl methyl sites for hydroxylation is 2. The summed E-state index contributed by atoms with van der Waals surface area (Å²) in [4.78, 5) is 19.2. The molecule has 29 heavy (non-hydrogen) atoms. The number of nitrogens with zero attached hydrogens (tertiary/aromatic N) is 2. The van der Waals surface area contributed by atoms with Gasteiger partial charge in [-0.05, 0) is 100 Å². The van der Waals surface area contributed by atoms with Crippen LogP contribution in [-0.4, -0.2) is 37.1 Å². The highest BCUT2D eigenvalue weighted by Crippen LogP contribution is 2.36. The zero-order valence-electron chi connectivity index (χ0n) is 17.5. The van der Waals surface area contributed by atoms with Crippen LogP contribution in [0.15, 0.2) is 29.2 Å². The van der Waals surface area contributed by atoms with Crippen LogP contribution < -0.4 is 15.8 Å². The molecular weight excluding hydrogens is 382 g/mol. The van der Waals surface area contributed by atoms with Crippen molar-refractivity contribution in [2.24, 2.45) is 5.73 Å². The smallest absolute Gasteiger partial charge is 0.316 e. The molecule has 0 saturated carbocycles. The van der Waals surface area contributed by atoms with E-state index in [4.69, 9.17) is 10.7 Å². The summed E-state index contributed by atoms with van der Waals surface area (Å²) in [7, 11) is 6.09. The van der Waals surface area contributed by atoms with Gasteiger partial charge in [0.25, 0.3) is 0 Å². The molecule has 6 nitrogen and oxygen atoms in total. The Morgan fingerprint density at radius 3 is 2.14 bits per heavy atom. The number of amides is 2. The van der Waals surface area contributed by atoms with E-state index < -0.39 is 6.03 Å². The van der Waals surface area contributed by atoms with Gasteiger partial charge in [-0.25, -0.2) is 4.79 Å². The number of anilines is 1. The summed E-state index contributed by atoms with van der Waals surface area (Å²) in [5.41, 5.74) is 12.4. The number of nitrogens with two attached hydrogens (primary N) is 1. The van der Waals surface area contributed by atoms with Gasteiger partial charge in [-0.3, -0.25) is 9.71 Å². The maximum absolute atomic E-state index is 11.1. The number of hydrogen-bond donors (Lipinski definition) is 3. The SMILES string of the molecule is CNSc1ccc(CN(C)C)cc1.NC(=O)Nc1c2c(nc3c1CCC3)CCC2. The first-order chi connectivity index (χ1) is 14.0. The lowest BCUT2D eigenvalue weighted by atomic mass is 10.1. The maximum Gasteiger partial charge on any atom is 0.316 e. The number of carbonyl (C=O) groups excluding carboxylic acids is 1. The largest absolute Gasteiger partial charge is 0.351 e. The molecule has 0 fully saturated rings. The van der Waals surface area contributed by atoms with E-state index in [0.29, 0.717) is 0 Å². The molecule has 0 radical (unpaired) electrons. The minimum Gasteiger partial charge on any atom is -0.351 e. The second kappa shape index (κ2) is 10.1. The molecule has 4 N–H and O–H groups in total. The summed E-state index contributed by atoms with van der Waals surface area (Å²) < 4.78 is 3.05. The normalized spacial score (nSPS) is 14.2. The second-order valence-corrected chi connectivity index (χ2v) is 8.81. The monoisotopic (exact) mass is 413 g/mol. The van der Waals surface area contributed by atoms with E-state index in [-0.39, 0.29) is 0 Å². The van der Waals surface area contributed by atoms with Crippen LogP contribution in [0.25, 0.3) is 0 Å². The van der Waals surface area contributed by atoms with Crippen molar-refractivity contribution in [3.05, 3.63) is 52.3 Å². The van der Waals surface area contributed by atoms with E-state index >= 15 is 0 Å². The molecular formula is C22H31N5OS. The number of aromatic nitrogens is 1. The van der Waals surface area contributed by atoms with Crippen LogP contribution >= 0.6 is 11.9 Å². The summed E-state index contributed by atoms with van der Waals surface area (Å²) in [6.45, 7) is 1.00. The summed E-state index contributed by atoms with van der Waals surface area (Å²) in [5.74, 6) is 0. The van der Waals surface area contributed by atoms with E-state index in [1.807, 2.05) is 7.05 Å². The number of fused-ring (bicyclic) bond motifs is 2. The Hall–Kier alpha value is -2.09. The molecule has 0 spiro atoms. The number of urea groups is 1. The van der Waals surface area contributed by atoms with Crippen LogP contribution in [0.3, 0.4) is 0 Å². The molecule has 1 aromatic carbocycles. The van der Waals surface area contributed by atoms with Crippen LogP contribution in [-0.2, 0) is 32.2 Å². The number of hydrogen-bond acceptors (Lipinski definition) is 5. The van der Waals surface area contributed by atoms with Crippen molar-refractivity contribution in [3.8, 4) is 0 Å². The summed E-state index contributed by atoms with van der Waals surface area (Å²) >= 11 is 1.64. The van der Waals surface area contributed by atoms with E-state index in [2.05, 4.69) is 53.3 Å². The van der Waals surface area contributed by atoms with Crippen molar-refractivity contribution in [2.75, 3.05) is 26.5 Å². The minimum absolute atomic E-state index is 0.464. The molecule has 0 saturated heterocycles. The van der Waals surface area contributed by atoms with Crippen molar-refractivity contribution >= 4 is 23.7 Å². The van der Waals surface area contributed by atoms with Crippen LogP contribution in [0, 0.1) is 0 Å². The number of nitrogens with one attached hydrogen (secondary N) is 2. The molecule has 156 valence electrons. The third kappa shape index (κ3) is 5.72. The molecule has 7 heteroatoms. The third-order valence-electron chi connectivity index (χ3n) is 5.14. The van der Waals surface area contributed by atoms with Crippen molar-refractivity contribution in [1.82, 2.24) is 14.6 Å². The standard InChI is InChI=1S/C12H15N3O.C10H16N2S/c13-12(16)15-11-7-3-1-5-9(7)14-10-6-2-4-8(10)11;1-11-13-10-6-4-9(5-7-10)8-12(2)3/h1-6H2,(H3,13,14,15,16);4-7,11H,8H2,1-3H3. The number of benzene rings is 1. The van der Waals surface area contributed by atoms with Crippen molar-refractivity contribution in [2.45, 2.75) is 50.0 Å². The Morgan fingerprint density at radius 1 is 1.07 bits per heavy atom. The molecule has 0 aliphatic heterocycles. The van der Waals surface area contributed by atoms with Crippen molar-refractivity contribution in [1.29, 1.82) is 0 Å². The molecule has 1 aromatic heterocycles. The molecule has 2 aliphatic rings. The van der Waals surface area contributed by atoms with Crippen molar-refractivity contribution < 1.29 is 4.79 Å². The van der Waals surface area contributed by atoms with E-state index in [1.165, 1.54) is 33.0 Å². The van der Waals surface area contributed by atoms with Gasteiger partial charge in [0.05, 0.1) is 5.69 Å². The number of pyridine rings is 1. The van der Waals surface area contributed by atoms with Crippen LogP contribution in [0.4, 0.5) is 10.5 Å². The highest BCUT2D eigenvalue weighted by Gasteiger charge is 2.25. The first kappa shape index (κ1) is 21.6. The van der Waals surface area contributed by atoms with Gasteiger partial charge >= 0.3 is 6.03 Å². The molecule has 2 amide bonds. The van der Waals surface area contributed by atoms with Crippen molar-refractivity contribution in [3.63, 3.8) is 0 Å². The maximum atomic E-state index is 11.1. The fraction of sp³-hybridized carbons (Fsp3) is 0.455. The lowest BCUT2D eigenvalue weighted by molar-refractivity contribution is 0.259. The van der Waals surface area contributed by atoms with Gasteiger partial charge in [0.2, 0.25) is 0 Å². The van der Waals surface area contributed by atoms with Crippen LogP contribution in [0.5, 0.6) is 0 Å². The first-order valence-electron chi connectivity index (χ1n) is 10.1. The number of carbonyl (C=O) groups is 1.